The lowest BCUT2D eigenvalue weighted by Crippen LogP contribution is -2.49. The maximum absolute atomic E-state index is 12.1. The van der Waals surface area contributed by atoms with E-state index in [2.05, 4.69) is 15.7 Å². The molecular weight excluding hydrogens is 270 g/mol. The number of carbonyl (C=O) groups is 2. The highest BCUT2D eigenvalue weighted by molar-refractivity contribution is 5.92. The van der Waals surface area contributed by atoms with Gasteiger partial charge in [0.2, 0.25) is 11.8 Å². The minimum absolute atomic E-state index is 0.0231. The molecule has 2 fully saturated rings. The van der Waals surface area contributed by atoms with Gasteiger partial charge >= 0.3 is 0 Å². The van der Waals surface area contributed by atoms with Gasteiger partial charge in [0, 0.05) is 19.2 Å². The first-order valence-corrected chi connectivity index (χ1v) is 7.55. The number of nitrogens with zero attached hydrogens (tertiary/aromatic N) is 3. The number of anilines is 1. The smallest absolute Gasteiger partial charge is 0.239 e. The van der Waals surface area contributed by atoms with Crippen LogP contribution in [0.2, 0.25) is 0 Å². The number of carbonyl (C=O) groups excluding carboxylic acids is 2. The molecular formula is C14H21N5O2. The summed E-state index contributed by atoms with van der Waals surface area (Å²) >= 11 is 0. The lowest BCUT2D eigenvalue weighted by Gasteiger charge is -2.25. The average molecular weight is 291 g/mol. The number of hydrogen-bond donors (Lipinski definition) is 2. The molecule has 0 unspecified atom stereocenters. The van der Waals surface area contributed by atoms with E-state index < -0.39 is 0 Å². The van der Waals surface area contributed by atoms with E-state index in [-0.39, 0.29) is 24.9 Å². The number of nitrogens with one attached hydrogen (secondary N) is 2. The average Bonchev–Trinajstić information content (AvgIpc) is 3.08. The Kier molecular flexibility index (Phi) is 4.19. The standard InChI is InChI=1S/C14H21N5O2/c20-13-9-18(8-7-15-13)10-14(21)17-12-5-6-16-19(12)11-3-1-2-4-11/h5-6,11H,1-4,7-10H2,(H,15,20)(H,17,21). The molecule has 2 aliphatic rings. The van der Waals surface area contributed by atoms with Crippen molar-refractivity contribution in [2.45, 2.75) is 31.7 Å². The van der Waals surface area contributed by atoms with Crippen molar-refractivity contribution >= 4 is 17.6 Å². The van der Waals surface area contributed by atoms with Crippen LogP contribution in [0.3, 0.4) is 0 Å². The van der Waals surface area contributed by atoms with E-state index >= 15 is 0 Å². The van der Waals surface area contributed by atoms with Crippen molar-refractivity contribution in [3.05, 3.63) is 12.3 Å². The molecule has 0 bridgehead atoms. The molecule has 1 aromatic heterocycles. The van der Waals surface area contributed by atoms with Gasteiger partial charge in [0.25, 0.3) is 0 Å². The Labute approximate surface area is 123 Å². The van der Waals surface area contributed by atoms with Crippen LogP contribution >= 0.6 is 0 Å². The molecule has 1 saturated carbocycles. The maximum Gasteiger partial charge on any atom is 0.239 e. The van der Waals surface area contributed by atoms with Gasteiger partial charge in [-0.05, 0) is 12.8 Å². The Hall–Kier alpha value is -1.89. The summed E-state index contributed by atoms with van der Waals surface area (Å²) in [5.74, 6) is 0.642. The normalized spacial score (nSPS) is 20.5. The molecule has 114 valence electrons. The van der Waals surface area contributed by atoms with Crippen molar-refractivity contribution in [3.63, 3.8) is 0 Å². The van der Waals surface area contributed by atoms with Gasteiger partial charge in [0.1, 0.15) is 5.82 Å². The van der Waals surface area contributed by atoms with E-state index in [0.717, 1.165) is 18.7 Å². The molecule has 1 saturated heterocycles. The van der Waals surface area contributed by atoms with Crippen LogP contribution in [-0.4, -0.2) is 52.7 Å². The Morgan fingerprint density at radius 3 is 3.00 bits per heavy atom. The minimum Gasteiger partial charge on any atom is -0.354 e. The fourth-order valence-corrected chi connectivity index (χ4v) is 3.06. The quantitative estimate of drug-likeness (QED) is 0.840. The summed E-state index contributed by atoms with van der Waals surface area (Å²) < 4.78 is 1.92. The van der Waals surface area contributed by atoms with E-state index in [9.17, 15) is 9.59 Å². The molecule has 7 nitrogen and oxygen atoms in total. The number of piperazine rings is 1. The van der Waals surface area contributed by atoms with E-state index in [1.807, 2.05) is 15.6 Å². The third-order valence-corrected chi connectivity index (χ3v) is 4.09. The zero-order valence-electron chi connectivity index (χ0n) is 12.0. The Bertz CT molecular complexity index is 521. The second-order valence-electron chi connectivity index (χ2n) is 5.71. The first-order chi connectivity index (χ1) is 10.2. The second kappa shape index (κ2) is 6.26. The van der Waals surface area contributed by atoms with Crippen molar-refractivity contribution in [1.82, 2.24) is 20.0 Å². The second-order valence-corrected chi connectivity index (χ2v) is 5.71. The fraction of sp³-hybridized carbons (Fsp3) is 0.643. The van der Waals surface area contributed by atoms with E-state index in [1.165, 1.54) is 12.8 Å². The van der Waals surface area contributed by atoms with Gasteiger partial charge in [-0.25, -0.2) is 4.68 Å². The summed E-state index contributed by atoms with van der Waals surface area (Å²) in [5.41, 5.74) is 0. The molecule has 2 heterocycles. The molecule has 7 heteroatoms. The summed E-state index contributed by atoms with van der Waals surface area (Å²) in [7, 11) is 0. The maximum atomic E-state index is 12.1. The summed E-state index contributed by atoms with van der Waals surface area (Å²) in [6.07, 6.45) is 6.41. The van der Waals surface area contributed by atoms with Crippen LogP contribution in [-0.2, 0) is 9.59 Å². The number of hydrogen-bond acceptors (Lipinski definition) is 4. The zero-order chi connectivity index (χ0) is 14.7. The van der Waals surface area contributed by atoms with Crippen LogP contribution in [0.25, 0.3) is 0 Å². The molecule has 0 atom stereocenters. The Balaban J connectivity index is 1.57. The predicted molar refractivity (Wildman–Crippen MR) is 77.8 cm³/mol. The van der Waals surface area contributed by atoms with Gasteiger partial charge in [-0.3, -0.25) is 14.5 Å². The molecule has 0 spiro atoms. The first-order valence-electron chi connectivity index (χ1n) is 7.55. The minimum atomic E-state index is -0.0931. The van der Waals surface area contributed by atoms with Gasteiger partial charge in [0.05, 0.1) is 25.3 Å². The van der Waals surface area contributed by atoms with E-state index in [0.29, 0.717) is 19.1 Å². The summed E-state index contributed by atoms with van der Waals surface area (Å²) in [6.45, 7) is 1.84. The topological polar surface area (TPSA) is 79.3 Å². The summed E-state index contributed by atoms with van der Waals surface area (Å²) in [4.78, 5) is 25.3. The molecule has 1 aromatic rings. The molecule has 0 radical (unpaired) electrons. The van der Waals surface area contributed by atoms with Gasteiger partial charge in [-0.2, -0.15) is 5.10 Å². The van der Waals surface area contributed by atoms with Crippen LogP contribution in [0.5, 0.6) is 0 Å². The molecule has 2 N–H and O–H groups in total. The molecule has 1 aliphatic carbocycles. The molecule has 0 aromatic carbocycles. The van der Waals surface area contributed by atoms with Crippen LogP contribution in [0.15, 0.2) is 12.3 Å². The summed E-state index contributed by atoms with van der Waals surface area (Å²) in [5, 5.41) is 10.0. The van der Waals surface area contributed by atoms with E-state index in [1.54, 1.807) is 6.20 Å². The lowest BCUT2D eigenvalue weighted by molar-refractivity contribution is -0.125. The lowest BCUT2D eigenvalue weighted by atomic mass is 10.2. The third-order valence-electron chi connectivity index (χ3n) is 4.09. The van der Waals surface area contributed by atoms with Crippen LogP contribution < -0.4 is 10.6 Å². The fourth-order valence-electron chi connectivity index (χ4n) is 3.06. The highest BCUT2D eigenvalue weighted by atomic mass is 16.2. The number of aromatic nitrogens is 2. The van der Waals surface area contributed by atoms with Gasteiger partial charge < -0.3 is 10.6 Å². The van der Waals surface area contributed by atoms with Gasteiger partial charge in [0.15, 0.2) is 0 Å². The molecule has 1 aliphatic heterocycles. The molecule has 3 rings (SSSR count). The zero-order valence-corrected chi connectivity index (χ0v) is 12.0. The van der Waals surface area contributed by atoms with Gasteiger partial charge in [-0.15, -0.1) is 0 Å². The Morgan fingerprint density at radius 2 is 2.24 bits per heavy atom. The van der Waals surface area contributed by atoms with Crippen molar-refractivity contribution in [1.29, 1.82) is 0 Å². The van der Waals surface area contributed by atoms with Crippen molar-refractivity contribution in [2.24, 2.45) is 0 Å². The Morgan fingerprint density at radius 1 is 1.43 bits per heavy atom. The predicted octanol–water partition coefficient (Wildman–Crippen LogP) is 0.368. The van der Waals surface area contributed by atoms with Crippen LogP contribution in [0.1, 0.15) is 31.7 Å². The largest absolute Gasteiger partial charge is 0.354 e. The van der Waals surface area contributed by atoms with Crippen LogP contribution in [0, 0.1) is 0 Å². The highest BCUT2D eigenvalue weighted by Crippen LogP contribution is 2.31. The van der Waals surface area contributed by atoms with Crippen molar-refractivity contribution in [3.8, 4) is 0 Å². The highest BCUT2D eigenvalue weighted by Gasteiger charge is 2.22. The SMILES string of the molecule is O=C1CN(CC(=O)Nc2ccnn2C2CCCC2)CCN1. The molecule has 2 amide bonds. The molecule has 21 heavy (non-hydrogen) atoms. The number of amides is 2. The monoisotopic (exact) mass is 291 g/mol. The van der Waals surface area contributed by atoms with Crippen molar-refractivity contribution in [2.75, 3.05) is 31.5 Å². The first kappa shape index (κ1) is 14.1. The third kappa shape index (κ3) is 3.41. The van der Waals surface area contributed by atoms with Crippen LogP contribution in [0.4, 0.5) is 5.82 Å². The number of rotatable bonds is 4. The summed E-state index contributed by atoms with van der Waals surface area (Å²) in [6, 6.07) is 2.23. The van der Waals surface area contributed by atoms with E-state index in [4.69, 9.17) is 0 Å². The van der Waals surface area contributed by atoms with Crippen molar-refractivity contribution < 1.29 is 9.59 Å². The van der Waals surface area contributed by atoms with Gasteiger partial charge in [-0.1, -0.05) is 12.8 Å².